The van der Waals surface area contributed by atoms with E-state index in [9.17, 15) is 4.79 Å². The van der Waals surface area contributed by atoms with Crippen LogP contribution in [0, 0.1) is 0 Å². The number of nitrogens with one attached hydrogen (secondary N) is 1. The molecule has 0 saturated carbocycles. The molecule has 0 atom stereocenters. The highest BCUT2D eigenvalue weighted by molar-refractivity contribution is 6.35. The van der Waals surface area contributed by atoms with Crippen LogP contribution in [0.15, 0.2) is 12.3 Å². The normalized spacial score (nSPS) is 11.3. The van der Waals surface area contributed by atoms with Gasteiger partial charge in [0.05, 0.1) is 16.2 Å². The van der Waals surface area contributed by atoms with Crippen molar-refractivity contribution < 1.29 is 14.6 Å². The molecule has 5 nitrogen and oxygen atoms in total. The third-order valence-corrected chi connectivity index (χ3v) is 2.74. The molecule has 0 bridgehead atoms. The molecule has 0 amide bonds. The lowest BCUT2D eigenvalue weighted by Gasteiger charge is -2.23. The largest absolute Gasteiger partial charge is 0.478 e. The number of rotatable bonds is 5. The van der Waals surface area contributed by atoms with Gasteiger partial charge in [-0.15, -0.1) is 0 Å². The quantitative estimate of drug-likeness (QED) is 0.848. The first-order valence-electron chi connectivity index (χ1n) is 5.04. The lowest BCUT2D eigenvalue weighted by Crippen LogP contribution is -2.32. The SMILES string of the molecule is COC(C)(C)CNc1nccc(C(=O)O)c1Cl. The van der Waals surface area contributed by atoms with E-state index in [1.165, 1.54) is 12.3 Å². The lowest BCUT2D eigenvalue weighted by molar-refractivity contribution is 0.0343. The molecule has 2 N–H and O–H groups in total. The summed E-state index contributed by atoms with van der Waals surface area (Å²) in [5.41, 5.74) is -0.357. The van der Waals surface area contributed by atoms with Crippen molar-refractivity contribution in [2.24, 2.45) is 0 Å². The van der Waals surface area contributed by atoms with Crippen molar-refractivity contribution >= 4 is 23.4 Å². The fourth-order valence-electron chi connectivity index (χ4n) is 1.10. The Morgan fingerprint density at radius 2 is 2.29 bits per heavy atom. The second kappa shape index (κ2) is 5.33. The number of hydrogen-bond donors (Lipinski definition) is 2. The van der Waals surface area contributed by atoms with Gasteiger partial charge < -0.3 is 15.2 Å². The zero-order valence-electron chi connectivity index (χ0n) is 9.95. The van der Waals surface area contributed by atoms with Gasteiger partial charge in [0.25, 0.3) is 0 Å². The highest BCUT2D eigenvalue weighted by Crippen LogP contribution is 2.24. The summed E-state index contributed by atoms with van der Waals surface area (Å²) in [7, 11) is 1.60. The van der Waals surface area contributed by atoms with Gasteiger partial charge in [0.15, 0.2) is 0 Å². The Morgan fingerprint density at radius 3 is 2.82 bits per heavy atom. The molecule has 0 aliphatic rings. The van der Waals surface area contributed by atoms with E-state index in [0.717, 1.165) is 0 Å². The molecule has 0 spiro atoms. The maximum Gasteiger partial charge on any atom is 0.337 e. The van der Waals surface area contributed by atoms with E-state index in [1.54, 1.807) is 7.11 Å². The second-order valence-electron chi connectivity index (χ2n) is 4.14. The smallest absolute Gasteiger partial charge is 0.337 e. The van der Waals surface area contributed by atoms with Gasteiger partial charge in [-0.25, -0.2) is 9.78 Å². The number of aromatic nitrogens is 1. The molecule has 94 valence electrons. The predicted octanol–water partition coefficient (Wildman–Crippen LogP) is 2.27. The maximum atomic E-state index is 10.9. The van der Waals surface area contributed by atoms with Crippen molar-refractivity contribution in [1.29, 1.82) is 0 Å². The number of nitrogens with zero attached hydrogens (tertiary/aromatic N) is 1. The average molecular weight is 259 g/mol. The molecular weight excluding hydrogens is 244 g/mol. The Balaban J connectivity index is 2.86. The Labute approximate surface area is 105 Å². The van der Waals surface area contributed by atoms with Crippen LogP contribution in [-0.4, -0.2) is 35.3 Å². The van der Waals surface area contributed by atoms with Gasteiger partial charge in [0.1, 0.15) is 5.82 Å². The number of methoxy groups -OCH3 is 1. The zero-order valence-corrected chi connectivity index (χ0v) is 10.7. The first-order valence-corrected chi connectivity index (χ1v) is 5.42. The van der Waals surface area contributed by atoms with Crippen molar-refractivity contribution in [2.75, 3.05) is 19.0 Å². The van der Waals surface area contributed by atoms with E-state index < -0.39 is 5.97 Å². The topological polar surface area (TPSA) is 71.5 Å². The van der Waals surface area contributed by atoms with Crippen molar-refractivity contribution in [3.05, 3.63) is 22.8 Å². The second-order valence-corrected chi connectivity index (χ2v) is 4.52. The first-order chi connectivity index (χ1) is 7.87. The van der Waals surface area contributed by atoms with Crippen molar-refractivity contribution in [3.63, 3.8) is 0 Å². The number of carbonyl (C=O) groups is 1. The number of halogens is 1. The lowest BCUT2D eigenvalue weighted by atomic mass is 10.1. The minimum Gasteiger partial charge on any atom is -0.478 e. The van der Waals surface area contributed by atoms with Gasteiger partial charge in [0, 0.05) is 19.9 Å². The van der Waals surface area contributed by atoms with Crippen molar-refractivity contribution in [1.82, 2.24) is 4.98 Å². The van der Waals surface area contributed by atoms with E-state index in [0.29, 0.717) is 12.4 Å². The Bertz CT molecular complexity index is 421. The summed E-state index contributed by atoms with van der Waals surface area (Å²) in [6.07, 6.45) is 1.40. The Hall–Kier alpha value is -1.33. The summed E-state index contributed by atoms with van der Waals surface area (Å²) < 4.78 is 5.23. The summed E-state index contributed by atoms with van der Waals surface area (Å²) in [5.74, 6) is -0.733. The molecule has 1 heterocycles. The van der Waals surface area contributed by atoms with Gasteiger partial charge >= 0.3 is 5.97 Å². The predicted molar refractivity (Wildman–Crippen MR) is 65.8 cm³/mol. The monoisotopic (exact) mass is 258 g/mol. The van der Waals surface area contributed by atoms with Crippen LogP contribution in [0.4, 0.5) is 5.82 Å². The van der Waals surface area contributed by atoms with Crippen LogP contribution in [0.25, 0.3) is 0 Å². The number of pyridine rings is 1. The van der Waals surface area contributed by atoms with Crippen LogP contribution in [-0.2, 0) is 4.74 Å². The van der Waals surface area contributed by atoms with Gasteiger partial charge in [-0.05, 0) is 19.9 Å². The molecule has 17 heavy (non-hydrogen) atoms. The third-order valence-electron chi connectivity index (χ3n) is 2.35. The number of ether oxygens (including phenoxy) is 1. The summed E-state index contributed by atoms with van der Waals surface area (Å²) in [5, 5.41) is 12.0. The highest BCUT2D eigenvalue weighted by atomic mass is 35.5. The maximum absolute atomic E-state index is 10.9. The molecular formula is C11H15ClN2O3. The van der Waals surface area contributed by atoms with Crippen LogP contribution < -0.4 is 5.32 Å². The molecule has 0 unspecified atom stereocenters. The minimum atomic E-state index is -1.08. The van der Waals surface area contributed by atoms with E-state index in [2.05, 4.69) is 10.3 Å². The van der Waals surface area contributed by atoms with Crippen LogP contribution in [0.1, 0.15) is 24.2 Å². The molecule has 1 aromatic rings. The molecule has 0 saturated heterocycles. The molecule has 1 aromatic heterocycles. The fourth-order valence-corrected chi connectivity index (χ4v) is 1.36. The van der Waals surface area contributed by atoms with Crippen LogP contribution in [0.3, 0.4) is 0 Å². The zero-order chi connectivity index (χ0) is 13.1. The number of anilines is 1. The molecule has 1 rings (SSSR count). The summed E-state index contributed by atoms with van der Waals surface area (Å²) in [6.45, 7) is 4.27. The fraction of sp³-hybridized carbons (Fsp3) is 0.455. The van der Waals surface area contributed by atoms with E-state index >= 15 is 0 Å². The van der Waals surface area contributed by atoms with Gasteiger partial charge in [-0.1, -0.05) is 11.6 Å². The summed E-state index contributed by atoms with van der Waals surface area (Å²) in [6, 6.07) is 1.36. The molecule has 6 heteroatoms. The Kier molecular flexibility index (Phi) is 4.31. The molecule has 0 aromatic carbocycles. The number of hydrogen-bond acceptors (Lipinski definition) is 4. The van der Waals surface area contributed by atoms with Gasteiger partial charge in [-0.3, -0.25) is 0 Å². The number of carboxylic acid groups (broad SMARTS) is 1. The summed E-state index contributed by atoms with van der Waals surface area (Å²) >= 11 is 5.93. The van der Waals surface area contributed by atoms with Crippen molar-refractivity contribution in [2.45, 2.75) is 19.4 Å². The Morgan fingerprint density at radius 1 is 1.65 bits per heavy atom. The van der Waals surface area contributed by atoms with Crippen LogP contribution >= 0.6 is 11.6 Å². The number of aromatic carboxylic acids is 1. The van der Waals surface area contributed by atoms with E-state index in [4.69, 9.17) is 21.4 Å². The molecule has 0 radical (unpaired) electrons. The van der Waals surface area contributed by atoms with E-state index in [1.807, 2.05) is 13.8 Å². The van der Waals surface area contributed by atoms with Gasteiger partial charge in [-0.2, -0.15) is 0 Å². The molecule has 0 aliphatic carbocycles. The van der Waals surface area contributed by atoms with Crippen LogP contribution in [0.2, 0.25) is 5.02 Å². The van der Waals surface area contributed by atoms with Crippen molar-refractivity contribution in [3.8, 4) is 0 Å². The average Bonchev–Trinajstić information content (AvgIpc) is 2.27. The third kappa shape index (κ3) is 3.57. The minimum absolute atomic E-state index is 0.0272. The first kappa shape index (κ1) is 13.7. The summed E-state index contributed by atoms with van der Waals surface area (Å²) in [4.78, 5) is 14.9. The van der Waals surface area contributed by atoms with Gasteiger partial charge in [0.2, 0.25) is 0 Å². The standard InChI is InChI=1S/C11H15ClN2O3/c1-11(2,17-3)6-14-9-8(12)7(10(15)16)4-5-13-9/h4-5H,6H2,1-3H3,(H,13,14)(H,15,16). The highest BCUT2D eigenvalue weighted by Gasteiger charge is 2.18. The molecule has 0 fully saturated rings. The molecule has 0 aliphatic heterocycles. The number of carboxylic acids is 1. The van der Waals surface area contributed by atoms with E-state index in [-0.39, 0.29) is 16.2 Å². The van der Waals surface area contributed by atoms with Crippen LogP contribution in [0.5, 0.6) is 0 Å².